The fourth-order valence-electron chi connectivity index (χ4n) is 1.93. The minimum absolute atomic E-state index is 0.198. The van der Waals surface area contributed by atoms with Crippen molar-refractivity contribution < 1.29 is 14.7 Å². The van der Waals surface area contributed by atoms with Gasteiger partial charge in [-0.25, -0.2) is 4.79 Å². The van der Waals surface area contributed by atoms with E-state index < -0.39 is 6.09 Å². The lowest BCUT2D eigenvalue weighted by molar-refractivity contribution is 0.112. The number of rotatable bonds is 2. The summed E-state index contributed by atoms with van der Waals surface area (Å²) in [5.41, 5.74) is 0.556. The molecule has 2 heterocycles. The van der Waals surface area contributed by atoms with Crippen molar-refractivity contribution >= 4 is 12.4 Å². The SMILES string of the molecule is O=Cc1cnn(C2CCN(C(=O)O)CC2)c1. The Morgan fingerprint density at radius 2 is 2.19 bits per heavy atom. The molecule has 1 N–H and O–H groups in total. The van der Waals surface area contributed by atoms with Crippen molar-refractivity contribution in [1.29, 1.82) is 0 Å². The van der Waals surface area contributed by atoms with Gasteiger partial charge in [-0.3, -0.25) is 9.48 Å². The Bertz CT molecular complexity index is 394. The number of aromatic nitrogens is 2. The van der Waals surface area contributed by atoms with E-state index in [1.807, 2.05) is 0 Å². The molecular weight excluding hydrogens is 210 g/mol. The topological polar surface area (TPSA) is 75.4 Å². The van der Waals surface area contributed by atoms with Gasteiger partial charge in [0.25, 0.3) is 0 Å². The summed E-state index contributed by atoms with van der Waals surface area (Å²) >= 11 is 0. The van der Waals surface area contributed by atoms with Crippen LogP contribution >= 0.6 is 0 Å². The Labute approximate surface area is 92.5 Å². The maximum Gasteiger partial charge on any atom is 0.407 e. The molecular formula is C10H13N3O3. The molecule has 2 rings (SSSR count). The van der Waals surface area contributed by atoms with Crippen LogP contribution in [0.5, 0.6) is 0 Å². The fraction of sp³-hybridized carbons (Fsp3) is 0.500. The number of piperidine rings is 1. The zero-order chi connectivity index (χ0) is 11.5. The molecule has 0 bridgehead atoms. The van der Waals surface area contributed by atoms with Crippen LogP contribution in [-0.4, -0.2) is 45.3 Å². The van der Waals surface area contributed by atoms with Crippen molar-refractivity contribution in [1.82, 2.24) is 14.7 Å². The third-order valence-electron chi connectivity index (χ3n) is 2.87. The Kier molecular flexibility index (Phi) is 2.89. The van der Waals surface area contributed by atoms with Crippen molar-refractivity contribution in [3.8, 4) is 0 Å². The fourth-order valence-corrected chi connectivity index (χ4v) is 1.93. The normalized spacial score (nSPS) is 17.4. The molecule has 0 atom stereocenters. The van der Waals surface area contributed by atoms with Gasteiger partial charge in [0.2, 0.25) is 0 Å². The Balaban J connectivity index is 1.98. The lowest BCUT2D eigenvalue weighted by Gasteiger charge is -2.29. The molecule has 1 aliphatic rings. The molecule has 1 amide bonds. The Morgan fingerprint density at radius 3 is 2.69 bits per heavy atom. The van der Waals surface area contributed by atoms with Gasteiger partial charge in [0.05, 0.1) is 17.8 Å². The first-order valence-electron chi connectivity index (χ1n) is 5.18. The van der Waals surface area contributed by atoms with Crippen molar-refractivity contribution in [2.75, 3.05) is 13.1 Å². The summed E-state index contributed by atoms with van der Waals surface area (Å²) in [6.45, 7) is 1.05. The monoisotopic (exact) mass is 223 g/mol. The van der Waals surface area contributed by atoms with E-state index in [1.54, 1.807) is 10.9 Å². The summed E-state index contributed by atoms with van der Waals surface area (Å²) in [5, 5.41) is 12.9. The highest BCUT2D eigenvalue weighted by Crippen LogP contribution is 2.21. The molecule has 86 valence electrons. The van der Waals surface area contributed by atoms with Crippen molar-refractivity contribution in [2.45, 2.75) is 18.9 Å². The van der Waals surface area contributed by atoms with E-state index in [-0.39, 0.29) is 6.04 Å². The molecule has 1 aromatic heterocycles. The maximum atomic E-state index is 10.7. The van der Waals surface area contributed by atoms with E-state index in [1.165, 1.54) is 11.1 Å². The van der Waals surface area contributed by atoms with Gasteiger partial charge in [-0.15, -0.1) is 0 Å². The first kappa shape index (κ1) is 10.7. The number of hydrogen-bond acceptors (Lipinski definition) is 3. The lowest BCUT2D eigenvalue weighted by atomic mass is 10.1. The number of likely N-dealkylation sites (tertiary alicyclic amines) is 1. The number of aldehydes is 1. The van der Waals surface area contributed by atoms with Gasteiger partial charge in [0.15, 0.2) is 6.29 Å². The smallest absolute Gasteiger partial charge is 0.407 e. The van der Waals surface area contributed by atoms with Crippen molar-refractivity contribution in [3.63, 3.8) is 0 Å². The molecule has 0 radical (unpaired) electrons. The number of hydrogen-bond donors (Lipinski definition) is 1. The van der Waals surface area contributed by atoms with Crippen molar-refractivity contribution in [2.24, 2.45) is 0 Å². The second-order valence-corrected chi connectivity index (χ2v) is 3.87. The van der Waals surface area contributed by atoms with Gasteiger partial charge in [-0.1, -0.05) is 0 Å². The average molecular weight is 223 g/mol. The second kappa shape index (κ2) is 4.34. The van der Waals surface area contributed by atoms with Gasteiger partial charge < -0.3 is 10.0 Å². The van der Waals surface area contributed by atoms with Crippen LogP contribution in [0.15, 0.2) is 12.4 Å². The lowest BCUT2D eigenvalue weighted by Crippen LogP contribution is -2.38. The van der Waals surface area contributed by atoms with Crippen LogP contribution in [0.4, 0.5) is 4.79 Å². The van der Waals surface area contributed by atoms with E-state index in [0.29, 0.717) is 18.7 Å². The molecule has 6 heteroatoms. The average Bonchev–Trinajstić information content (AvgIpc) is 2.77. The van der Waals surface area contributed by atoms with Crippen LogP contribution in [-0.2, 0) is 0 Å². The van der Waals surface area contributed by atoms with Gasteiger partial charge in [-0.2, -0.15) is 5.10 Å². The summed E-state index contributed by atoms with van der Waals surface area (Å²) in [6.07, 6.45) is 4.60. The Morgan fingerprint density at radius 1 is 1.50 bits per heavy atom. The molecule has 0 aliphatic carbocycles. The predicted octanol–water partition coefficient (Wildman–Crippen LogP) is 1.01. The third kappa shape index (κ3) is 2.05. The predicted molar refractivity (Wildman–Crippen MR) is 55.5 cm³/mol. The molecule has 0 saturated carbocycles. The number of carbonyl (C=O) groups excluding carboxylic acids is 1. The van der Waals surface area contributed by atoms with E-state index in [9.17, 15) is 9.59 Å². The van der Waals surface area contributed by atoms with Crippen LogP contribution in [0, 0.1) is 0 Å². The number of carbonyl (C=O) groups is 2. The Hall–Kier alpha value is -1.85. The van der Waals surface area contributed by atoms with E-state index in [4.69, 9.17) is 5.11 Å². The molecule has 1 aromatic rings. The first-order chi connectivity index (χ1) is 7.70. The summed E-state index contributed by atoms with van der Waals surface area (Å²) in [4.78, 5) is 22.6. The molecule has 0 unspecified atom stereocenters. The highest BCUT2D eigenvalue weighted by molar-refractivity contribution is 5.73. The van der Waals surface area contributed by atoms with E-state index in [2.05, 4.69) is 5.10 Å². The molecule has 1 aliphatic heterocycles. The molecule has 1 saturated heterocycles. The zero-order valence-corrected chi connectivity index (χ0v) is 8.74. The highest BCUT2D eigenvalue weighted by atomic mass is 16.4. The van der Waals surface area contributed by atoms with Gasteiger partial charge in [0.1, 0.15) is 0 Å². The zero-order valence-electron chi connectivity index (χ0n) is 8.74. The van der Waals surface area contributed by atoms with Crippen LogP contribution in [0.25, 0.3) is 0 Å². The van der Waals surface area contributed by atoms with Gasteiger partial charge >= 0.3 is 6.09 Å². The standard InChI is InChI=1S/C10H13N3O3/c14-7-8-5-11-13(6-8)9-1-3-12(4-2-9)10(15)16/h5-7,9H,1-4H2,(H,15,16). The largest absolute Gasteiger partial charge is 0.465 e. The molecule has 1 fully saturated rings. The van der Waals surface area contributed by atoms with Gasteiger partial charge in [-0.05, 0) is 12.8 Å². The van der Waals surface area contributed by atoms with Crippen LogP contribution in [0.2, 0.25) is 0 Å². The minimum Gasteiger partial charge on any atom is -0.465 e. The van der Waals surface area contributed by atoms with Gasteiger partial charge in [0, 0.05) is 19.3 Å². The highest BCUT2D eigenvalue weighted by Gasteiger charge is 2.23. The quantitative estimate of drug-likeness (QED) is 0.759. The number of amides is 1. The molecule has 0 aromatic carbocycles. The molecule has 16 heavy (non-hydrogen) atoms. The summed E-state index contributed by atoms with van der Waals surface area (Å²) in [7, 11) is 0. The minimum atomic E-state index is -0.868. The van der Waals surface area contributed by atoms with Crippen LogP contribution in [0.1, 0.15) is 29.2 Å². The van der Waals surface area contributed by atoms with Crippen molar-refractivity contribution in [3.05, 3.63) is 18.0 Å². The molecule has 6 nitrogen and oxygen atoms in total. The summed E-state index contributed by atoms with van der Waals surface area (Å²) in [5.74, 6) is 0. The first-order valence-corrected chi connectivity index (χ1v) is 5.18. The molecule has 0 spiro atoms. The maximum absolute atomic E-state index is 10.7. The van der Waals surface area contributed by atoms with Crippen LogP contribution < -0.4 is 0 Å². The number of carboxylic acid groups (broad SMARTS) is 1. The van der Waals surface area contributed by atoms with E-state index >= 15 is 0 Å². The van der Waals surface area contributed by atoms with E-state index in [0.717, 1.165) is 19.1 Å². The third-order valence-corrected chi connectivity index (χ3v) is 2.87. The summed E-state index contributed by atoms with van der Waals surface area (Å²) in [6, 6.07) is 0.198. The summed E-state index contributed by atoms with van der Waals surface area (Å²) < 4.78 is 1.75. The second-order valence-electron chi connectivity index (χ2n) is 3.87. The van der Waals surface area contributed by atoms with Crippen LogP contribution in [0.3, 0.4) is 0 Å². The number of nitrogens with zero attached hydrogens (tertiary/aromatic N) is 3.